The number of halogens is 2. The van der Waals surface area contributed by atoms with Gasteiger partial charge in [-0.1, -0.05) is 13.3 Å². The van der Waals surface area contributed by atoms with Gasteiger partial charge in [-0.15, -0.1) is 0 Å². The van der Waals surface area contributed by atoms with Crippen LogP contribution in [-0.2, 0) is 4.79 Å². The Bertz CT molecular complexity index is 152. The van der Waals surface area contributed by atoms with Crippen LogP contribution in [0.2, 0.25) is 0 Å². The zero-order valence-corrected chi connectivity index (χ0v) is 6.18. The predicted molar refractivity (Wildman–Crippen MR) is 35.5 cm³/mol. The Morgan fingerprint density at radius 2 is 2.18 bits per heavy atom. The van der Waals surface area contributed by atoms with E-state index in [4.69, 9.17) is 10.8 Å². The molecule has 0 aliphatic carbocycles. The molecule has 0 saturated carbocycles. The number of carbonyl (C=O) groups is 1. The van der Waals surface area contributed by atoms with Crippen LogP contribution >= 0.6 is 0 Å². The van der Waals surface area contributed by atoms with Crippen molar-refractivity contribution >= 4 is 5.97 Å². The first kappa shape index (κ1) is 10.3. The van der Waals surface area contributed by atoms with Crippen molar-refractivity contribution in [3.63, 3.8) is 0 Å². The molecule has 0 aromatic heterocycles. The van der Waals surface area contributed by atoms with Gasteiger partial charge in [-0.2, -0.15) is 0 Å². The van der Waals surface area contributed by atoms with Crippen LogP contribution in [0, 0.1) is 0 Å². The molecule has 0 rings (SSSR count). The maximum Gasteiger partial charge on any atom is 0.329 e. The summed E-state index contributed by atoms with van der Waals surface area (Å²) in [5.41, 5.74) is 2.58. The van der Waals surface area contributed by atoms with E-state index >= 15 is 0 Å². The molecule has 3 N–H and O–H groups in total. The van der Waals surface area contributed by atoms with Crippen molar-refractivity contribution in [3.05, 3.63) is 0 Å². The molecule has 0 spiro atoms. The Labute approximate surface area is 63.2 Å². The lowest BCUT2D eigenvalue weighted by atomic mass is 9.96. The number of rotatable bonds is 4. The second kappa shape index (κ2) is 3.61. The van der Waals surface area contributed by atoms with Crippen LogP contribution in [0.5, 0.6) is 0 Å². The van der Waals surface area contributed by atoms with E-state index in [9.17, 15) is 13.6 Å². The average Bonchev–Trinajstić information content (AvgIpc) is 1.87. The Morgan fingerprint density at radius 3 is 2.27 bits per heavy atom. The molecule has 0 bridgehead atoms. The lowest BCUT2D eigenvalue weighted by Crippen LogP contribution is -2.54. The summed E-state index contributed by atoms with van der Waals surface area (Å²) in [6, 6.07) is 0. The van der Waals surface area contributed by atoms with Crippen molar-refractivity contribution in [1.82, 2.24) is 0 Å². The molecule has 0 aliphatic rings. The summed E-state index contributed by atoms with van der Waals surface area (Å²) in [6.07, 6.45) is -2.90. The minimum atomic E-state index is -3.01. The highest BCUT2D eigenvalue weighted by Crippen LogP contribution is 2.18. The fourth-order valence-corrected chi connectivity index (χ4v) is 0.723. The molecular weight excluding hydrogens is 156 g/mol. The minimum Gasteiger partial charge on any atom is -0.480 e. The van der Waals surface area contributed by atoms with Gasteiger partial charge in [0.25, 0.3) is 6.43 Å². The minimum absolute atomic E-state index is 0.208. The summed E-state index contributed by atoms with van der Waals surface area (Å²) in [4.78, 5) is 10.2. The summed E-state index contributed by atoms with van der Waals surface area (Å²) in [5, 5.41) is 8.33. The van der Waals surface area contributed by atoms with Crippen molar-refractivity contribution in [3.8, 4) is 0 Å². The zero-order chi connectivity index (χ0) is 9.07. The van der Waals surface area contributed by atoms with Crippen LogP contribution in [0.25, 0.3) is 0 Å². The van der Waals surface area contributed by atoms with Crippen molar-refractivity contribution < 1.29 is 18.7 Å². The van der Waals surface area contributed by atoms with E-state index < -0.39 is 17.9 Å². The number of carboxylic acids is 1. The van der Waals surface area contributed by atoms with E-state index in [0.29, 0.717) is 6.42 Å². The Balaban J connectivity index is 4.38. The van der Waals surface area contributed by atoms with E-state index in [-0.39, 0.29) is 6.42 Å². The Morgan fingerprint density at radius 1 is 1.73 bits per heavy atom. The molecule has 0 aromatic rings. The third-order valence-electron chi connectivity index (χ3n) is 1.45. The highest BCUT2D eigenvalue weighted by atomic mass is 19.3. The van der Waals surface area contributed by atoms with Gasteiger partial charge in [0.15, 0.2) is 5.54 Å². The second-order valence-corrected chi connectivity index (χ2v) is 2.40. The smallest absolute Gasteiger partial charge is 0.329 e. The van der Waals surface area contributed by atoms with Crippen LogP contribution in [0.1, 0.15) is 19.8 Å². The number of nitrogens with two attached hydrogens (primary N) is 1. The zero-order valence-electron chi connectivity index (χ0n) is 6.18. The molecule has 3 nitrogen and oxygen atoms in total. The molecule has 0 amide bonds. The fraction of sp³-hybridized carbons (Fsp3) is 0.833. The Kier molecular flexibility index (Phi) is 3.38. The molecule has 0 saturated heterocycles. The van der Waals surface area contributed by atoms with E-state index in [2.05, 4.69) is 0 Å². The van der Waals surface area contributed by atoms with Crippen molar-refractivity contribution in [2.45, 2.75) is 31.7 Å². The molecule has 0 radical (unpaired) electrons. The third-order valence-corrected chi connectivity index (χ3v) is 1.45. The number of aliphatic carboxylic acids is 1. The SMILES string of the molecule is CCCC(N)(C(=O)O)C(F)F. The normalized spacial score (nSPS) is 16.5. The maximum atomic E-state index is 12.0. The highest BCUT2D eigenvalue weighted by molar-refractivity contribution is 5.79. The van der Waals surface area contributed by atoms with Gasteiger partial charge >= 0.3 is 5.97 Å². The lowest BCUT2D eigenvalue weighted by molar-refractivity contribution is -0.150. The fourth-order valence-electron chi connectivity index (χ4n) is 0.723. The van der Waals surface area contributed by atoms with Crippen molar-refractivity contribution in [2.75, 3.05) is 0 Å². The molecule has 1 atom stereocenters. The van der Waals surface area contributed by atoms with Gasteiger partial charge in [0.1, 0.15) is 0 Å². The summed E-state index contributed by atoms with van der Waals surface area (Å²) in [6.45, 7) is 1.60. The van der Waals surface area contributed by atoms with Crippen LogP contribution in [0.15, 0.2) is 0 Å². The topological polar surface area (TPSA) is 63.3 Å². The molecule has 0 aromatic carbocycles. The highest BCUT2D eigenvalue weighted by Gasteiger charge is 2.42. The molecule has 11 heavy (non-hydrogen) atoms. The van der Waals surface area contributed by atoms with Gasteiger partial charge in [0, 0.05) is 0 Å². The second-order valence-electron chi connectivity index (χ2n) is 2.40. The summed E-state index contributed by atoms with van der Waals surface area (Å²) < 4.78 is 24.0. The van der Waals surface area contributed by atoms with Gasteiger partial charge in [0.05, 0.1) is 0 Å². The molecule has 0 aliphatic heterocycles. The molecule has 1 unspecified atom stereocenters. The standard InChI is InChI=1S/C6H11F2NO2/c1-2-3-6(9,4(7)8)5(10)11/h4H,2-3,9H2,1H3,(H,10,11). The first-order valence-corrected chi connectivity index (χ1v) is 3.25. The van der Waals surface area contributed by atoms with Crippen molar-refractivity contribution in [2.24, 2.45) is 5.73 Å². The maximum absolute atomic E-state index is 12.0. The predicted octanol–water partition coefficient (Wildman–Crippen LogP) is 0.834. The molecule has 0 heterocycles. The van der Waals surface area contributed by atoms with Gasteiger partial charge in [-0.25, -0.2) is 13.6 Å². The number of hydrogen-bond donors (Lipinski definition) is 2. The molecule has 66 valence electrons. The summed E-state index contributed by atoms with van der Waals surface area (Å²) in [7, 11) is 0. The van der Waals surface area contributed by atoms with E-state index in [1.165, 1.54) is 0 Å². The van der Waals surface area contributed by atoms with Crippen LogP contribution in [0.4, 0.5) is 8.78 Å². The van der Waals surface area contributed by atoms with Gasteiger partial charge in [-0.05, 0) is 6.42 Å². The van der Waals surface area contributed by atoms with Crippen LogP contribution in [0.3, 0.4) is 0 Å². The lowest BCUT2D eigenvalue weighted by Gasteiger charge is -2.22. The van der Waals surface area contributed by atoms with Crippen molar-refractivity contribution in [1.29, 1.82) is 0 Å². The molecular formula is C6H11F2NO2. The summed E-state index contributed by atoms with van der Waals surface area (Å²) >= 11 is 0. The number of hydrogen-bond acceptors (Lipinski definition) is 2. The molecule has 0 fully saturated rings. The average molecular weight is 167 g/mol. The number of carboxylic acid groups (broad SMARTS) is 1. The van der Waals surface area contributed by atoms with E-state index in [1.807, 2.05) is 0 Å². The van der Waals surface area contributed by atoms with Crippen LogP contribution in [-0.4, -0.2) is 23.0 Å². The first-order valence-electron chi connectivity index (χ1n) is 3.25. The van der Waals surface area contributed by atoms with Gasteiger partial charge in [-0.3, -0.25) is 0 Å². The van der Waals surface area contributed by atoms with E-state index in [0.717, 1.165) is 0 Å². The number of alkyl halides is 2. The van der Waals surface area contributed by atoms with Gasteiger partial charge < -0.3 is 10.8 Å². The molecule has 5 heteroatoms. The summed E-state index contributed by atoms with van der Waals surface area (Å²) in [5.74, 6) is -1.64. The monoisotopic (exact) mass is 167 g/mol. The quantitative estimate of drug-likeness (QED) is 0.651. The first-order chi connectivity index (χ1) is 4.95. The largest absolute Gasteiger partial charge is 0.480 e. The third kappa shape index (κ3) is 2.11. The van der Waals surface area contributed by atoms with Gasteiger partial charge in [0.2, 0.25) is 0 Å². The van der Waals surface area contributed by atoms with E-state index in [1.54, 1.807) is 6.92 Å². The Hall–Kier alpha value is -0.710. The van der Waals surface area contributed by atoms with Crippen LogP contribution < -0.4 is 5.73 Å².